The van der Waals surface area contributed by atoms with Gasteiger partial charge in [-0.3, -0.25) is 4.79 Å². The van der Waals surface area contributed by atoms with Crippen molar-refractivity contribution in [3.63, 3.8) is 0 Å². The van der Waals surface area contributed by atoms with Crippen LogP contribution in [0.25, 0.3) is 0 Å². The van der Waals surface area contributed by atoms with Crippen LogP contribution in [0.15, 0.2) is 4.60 Å². The number of carbonyl (C=O) groups excluding carboxylic acids is 1. The van der Waals surface area contributed by atoms with Crippen LogP contribution in [-0.2, 0) is 11.8 Å². The third-order valence-electron chi connectivity index (χ3n) is 2.48. The van der Waals surface area contributed by atoms with Crippen molar-refractivity contribution in [1.82, 2.24) is 15.0 Å². The molecule has 1 saturated heterocycles. The van der Waals surface area contributed by atoms with Gasteiger partial charge in [-0.05, 0) is 15.9 Å². The predicted octanol–water partition coefficient (Wildman–Crippen LogP) is -0.266. The van der Waals surface area contributed by atoms with Crippen molar-refractivity contribution < 1.29 is 9.53 Å². The monoisotopic (exact) mass is 274 g/mol. The summed E-state index contributed by atoms with van der Waals surface area (Å²) in [6.45, 7) is 0.803. The largest absolute Gasteiger partial charge is 0.379 e. The molecule has 0 aromatic carbocycles. The van der Waals surface area contributed by atoms with E-state index in [4.69, 9.17) is 10.5 Å². The molecule has 2 rings (SSSR count). The Balaban J connectivity index is 2.28. The molecule has 0 saturated carbocycles. The van der Waals surface area contributed by atoms with Crippen molar-refractivity contribution >= 4 is 21.7 Å². The van der Waals surface area contributed by atoms with Crippen molar-refractivity contribution in [3.8, 4) is 0 Å². The van der Waals surface area contributed by atoms with Gasteiger partial charge in [0.2, 0.25) is 0 Å². The Morgan fingerprint density at radius 1 is 1.67 bits per heavy atom. The van der Waals surface area contributed by atoms with Crippen LogP contribution in [0.3, 0.4) is 0 Å². The van der Waals surface area contributed by atoms with Gasteiger partial charge in [-0.2, -0.15) is 0 Å². The number of hydrogen-bond donors (Lipinski definition) is 1. The number of hydrogen-bond acceptors (Lipinski definition) is 5. The Labute approximate surface area is 94.9 Å². The number of nitrogens with zero attached hydrogens (tertiary/aromatic N) is 3. The Hall–Kier alpha value is -0.790. The van der Waals surface area contributed by atoms with Gasteiger partial charge in [-0.1, -0.05) is 5.21 Å². The minimum atomic E-state index is -0.293. The standard InChI is InChI=1S/C8H11BrN4O2/c1-13-6(8(9)11-12-13)7(14)4-2-15-3-5(4)10/h4-5H,2-3,10H2,1H3. The zero-order chi connectivity index (χ0) is 11.0. The highest BCUT2D eigenvalue weighted by atomic mass is 79.9. The van der Waals surface area contributed by atoms with Crippen LogP contribution in [0.4, 0.5) is 0 Å². The van der Waals surface area contributed by atoms with Gasteiger partial charge in [0.05, 0.1) is 19.1 Å². The quantitative estimate of drug-likeness (QED) is 0.751. The number of aryl methyl sites for hydroxylation is 1. The van der Waals surface area contributed by atoms with Crippen LogP contribution in [0, 0.1) is 5.92 Å². The molecule has 0 amide bonds. The van der Waals surface area contributed by atoms with Crippen molar-refractivity contribution in [2.75, 3.05) is 13.2 Å². The highest BCUT2D eigenvalue weighted by molar-refractivity contribution is 9.10. The Kier molecular flexibility index (Phi) is 2.85. The molecule has 6 nitrogen and oxygen atoms in total. The highest BCUT2D eigenvalue weighted by Gasteiger charge is 2.34. The summed E-state index contributed by atoms with van der Waals surface area (Å²) in [5.41, 5.74) is 6.22. The van der Waals surface area contributed by atoms with Gasteiger partial charge in [0.15, 0.2) is 10.4 Å². The average Bonchev–Trinajstić information content (AvgIpc) is 2.73. The molecular weight excluding hydrogens is 264 g/mol. The summed E-state index contributed by atoms with van der Waals surface area (Å²) < 4.78 is 7.05. The molecule has 0 bridgehead atoms. The number of ether oxygens (including phenoxy) is 1. The first-order valence-electron chi connectivity index (χ1n) is 4.54. The Morgan fingerprint density at radius 3 is 2.87 bits per heavy atom. The van der Waals surface area contributed by atoms with E-state index < -0.39 is 0 Å². The number of carbonyl (C=O) groups is 1. The van der Waals surface area contributed by atoms with Crippen molar-refractivity contribution in [2.45, 2.75) is 6.04 Å². The summed E-state index contributed by atoms with van der Waals surface area (Å²) in [5, 5.41) is 7.51. The van der Waals surface area contributed by atoms with E-state index >= 15 is 0 Å². The maximum absolute atomic E-state index is 12.1. The van der Waals surface area contributed by atoms with Gasteiger partial charge in [0.1, 0.15) is 5.69 Å². The summed E-state index contributed by atoms with van der Waals surface area (Å²) in [6.07, 6.45) is 0. The van der Waals surface area contributed by atoms with Crippen LogP contribution >= 0.6 is 15.9 Å². The molecule has 0 radical (unpaired) electrons. The van der Waals surface area contributed by atoms with Gasteiger partial charge >= 0.3 is 0 Å². The fourth-order valence-electron chi connectivity index (χ4n) is 1.61. The summed E-state index contributed by atoms with van der Waals surface area (Å²) in [6, 6.07) is -0.237. The van der Waals surface area contributed by atoms with Crippen molar-refractivity contribution in [2.24, 2.45) is 18.7 Å². The lowest BCUT2D eigenvalue weighted by atomic mass is 9.97. The van der Waals surface area contributed by atoms with Crippen molar-refractivity contribution in [1.29, 1.82) is 0 Å². The molecule has 1 aliphatic heterocycles. The van der Waals surface area contributed by atoms with Crippen LogP contribution in [0.1, 0.15) is 10.5 Å². The molecule has 2 atom stereocenters. The van der Waals surface area contributed by atoms with E-state index in [1.807, 2.05) is 0 Å². The summed E-state index contributed by atoms with van der Waals surface area (Å²) >= 11 is 3.19. The van der Waals surface area contributed by atoms with Gasteiger partial charge in [0, 0.05) is 13.1 Å². The van der Waals surface area contributed by atoms with Crippen LogP contribution in [0.2, 0.25) is 0 Å². The minimum Gasteiger partial charge on any atom is -0.379 e. The molecular formula is C8H11BrN4O2. The molecule has 2 heterocycles. The fourth-order valence-corrected chi connectivity index (χ4v) is 2.13. The molecule has 2 unspecified atom stereocenters. The lowest BCUT2D eigenvalue weighted by molar-refractivity contribution is 0.0885. The second kappa shape index (κ2) is 3.99. The summed E-state index contributed by atoms with van der Waals surface area (Å²) in [7, 11) is 1.67. The second-order valence-electron chi connectivity index (χ2n) is 3.52. The topological polar surface area (TPSA) is 83.0 Å². The molecule has 1 aliphatic rings. The van der Waals surface area contributed by atoms with Crippen molar-refractivity contribution in [3.05, 3.63) is 10.3 Å². The minimum absolute atomic E-state index is 0.0700. The number of nitrogens with two attached hydrogens (primary N) is 1. The van der Waals surface area contributed by atoms with E-state index in [0.29, 0.717) is 23.5 Å². The van der Waals surface area contributed by atoms with E-state index in [9.17, 15) is 4.79 Å². The lowest BCUT2D eigenvalue weighted by Gasteiger charge is -2.11. The number of aromatic nitrogens is 3. The highest BCUT2D eigenvalue weighted by Crippen LogP contribution is 2.21. The molecule has 0 spiro atoms. The Bertz CT molecular complexity index is 372. The predicted molar refractivity (Wildman–Crippen MR) is 55.3 cm³/mol. The molecule has 1 fully saturated rings. The number of Topliss-reactive ketones (excluding diaryl/α,β-unsaturated/α-hetero) is 1. The third kappa shape index (κ3) is 1.82. The summed E-state index contributed by atoms with van der Waals surface area (Å²) in [4.78, 5) is 12.1. The molecule has 0 aliphatic carbocycles. The van der Waals surface area contributed by atoms with E-state index in [0.717, 1.165) is 0 Å². The maximum Gasteiger partial charge on any atom is 0.190 e. The number of halogens is 1. The number of rotatable bonds is 2. The first-order valence-corrected chi connectivity index (χ1v) is 5.33. The van der Waals surface area contributed by atoms with Gasteiger partial charge in [-0.25, -0.2) is 4.68 Å². The van der Waals surface area contributed by atoms with E-state index in [1.54, 1.807) is 7.05 Å². The first kappa shape index (κ1) is 10.7. The molecule has 82 valence electrons. The van der Waals surface area contributed by atoms with E-state index in [1.165, 1.54) is 4.68 Å². The maximum atomic E-state index is 12.1. The van der Waals surface area contributed by atoms with Gasteiger partial charge in [-0.15, -0.1) is 5.10 Å². The zero-order valence-corrected chi connectivity index (χ0v) is 9.77. The summed E-state index contributed by atoms with van der Waals surface area (Å²) in [5.74, 6) is -0.363. The van der Waals surface area contributed by atoms with Crippen LogP contribution in [0.5, 0.6) is 0 Å². The number of ketones is 1. The molecule has 1 aromatic rings. The SMILES string of the molecule is Cn1nnc(Br)c1C(=O)C1COCC1N. The van der Waals surface area contributed by atoms with Crippen LogP contribution < -0.4 is 5.73 Å². The Morgan fingerprint density at radius 2 is 2.40 bits per heavy atom. The normalized spacial score (nSPS) is 25.8. The van der Waals surface area contributed by atoms with E-state index in [-0.39, 0.29) is 17.7 Å². The first-order chi connectivity index (χ1) is 7.11. The fraction of sp³-hybridized carbons (Fsp3) is 0.625. The molecule has 2 N–H and O–H groups in total. The zero-order valence-electron chi connectivity index (χ0n) is 8.18. The third-order valence-corrected chi connectivity index (χ3v) is 3.01. The average molecular weight is 275 g/mol. The molecule has 7 heteroatoms. The van der Waals surface area contributed by atoms with E-state index in [2.05, 4.69) is 26.2 Å². The lowest BCUT2D eigenvalue weighted by Crippen LogP contribution is -2.35. The molecule has 15 heavy (non-hydrogen) atoms. The van der Waals surface area contributed by atoms with Crippen LogP contribution in [-0.4, -0.2) is 40.0 Å². The second-order valence-corrected chi connectivity index (χ2v) is 4.28. The van der Waals surface area contributed by atoms with Gasteiger partial charge in [0.25, 0.3) is 0 Å². The van der Waals surface area contributed by atoms with Gasteiger partial charge < -0.3 is 10.5 Å². The molecule has 1 aromatic heterocycles. The smallest absolute Gasteiger partial charge is 0.190 e.